The Bertz CT molecular complexity index is 3670. The molecule has 0 amide bonds. The Labute approximate surface area is 414 Å². The van der Waals surface area contributed by atoms with E-state index in [1.807, 2.05) is 58.2 Å². The molecular weight excluding hydrogens is 863 g/mol. The highest BCUT2D eigenvalue weighted by Gasteiger charge is 2.19. The average Bonchev–Trinajstić information content (AvgIpc) is 4.16. The molecular formula is C66H47N5. The second-order valence-electron chi connectivity index (χ2n) is 17.9. The van der Waals surface area contributed by atoms with E-state index in [4.69, 9.17) is 15.2 Å². The summed E-state index contributed by atoms with van der Waals surface area (Å²) in [5.41, 5.74) is 23.1. The highest BCUT2D eigenvalue weighted by molar-refractivity contribution is 5.94. The van der Waals surface area contributed by atoms with Crippen molar-refractivity contribution in [3.63, 3.8) is 0 Å². The lowest BCUT2D eigenvalue weighted by atomic mass is 9.86. The highest BCUT2D eigenvalue weighted by Crippen LogP contribution is 2.43. The van der Waals surface area contributed by atoms with Crippen LogP contribution in [0, 0.1) is 6.92 Å². The van der Waals surface area contributed by atoms with Crippen LogP contribution in [0.2, 0.25) is 0 Å². The van der Waals surface area contributed by atoms with Gasteiger partial charge in [0.1, 0.15) is 0 Å². The first-order valence-electron chi connectivity index (χ1n) is 24.0. The van der Waals surface area contributed by atoms with E-state index in [0.717, 1.165) is 101 Å². The first-order chi connectivity index (χ1) is 35.1. The third-order valence-electron chi connectivity index (χ3n) is 13.4. The molecule has 0 bridgehead atoms. The maximum atomic E-state index is 5.16. The first-order valence-corrected chi connectivity index (χ1v) is 24.0. The molecule has 71 heavy (non-hydrogen) atoms. The SMILES string of the molecule is Cc1cc(-c2cccc(-c3ccc(-c4ccccc4)cc3)c2)ncc1-c1ccccc1-c1cc(-c2ccccc2-c2cnn(-c3ccccc3)c2)cc(-c2ccccc2-c2cnn(-c3ccccc3)c2)c1. The van der Waals surface area contributed by atoms with Gasteiger partial charge in [0, 0.05) is 40.8 Å². The quantitative estimate of drug-likeness (QED) is 0.130. The predicted molar refractivity (Wildman–Crippen MR) is 292 cm³/mol. The third kappa shape index (κ3) is 8.69. The molecule has 0 saturated carbocycles. The number of benzene rings is 9. The van der Waals surface area contributed by atoms with E-state index in [9.17, 15) is 0 Å². The smallest absolute Gasteiger partial charge is 0.0705 e. The van der Waals surface area contributed by atoms with Crippen LogP contribution in [-0.2, 0) is 0 Å². The van der Waals surface area contributed by atoms with Crippen molar-refractivity contribution in [1.82, 2.24) is 24.5 Å². The fourth-order valence-corrected chi connectivity index (χ4v) is 9.74. The lowest BCUT2D eigenvalue weighted by Gasteiger charge is -2.18. The molecule has 5 heteroatoms. The molecule has 0 atom stereocenters. The van der Waals surface area contributed by atoms with E-state index in [0.29, 0.717) is 0 Å². The largest absolute Gasteiger partial charge is 0.256 e. The lowest BCUT2D eigenvalue weighted by molar-refractivity contribution is 0.881. The molecule has 0 unspecified atom stereocenters. The molecule has 3 aromatic heterocycles. The molecule has 12 aromatic rings. The van der Waals surface area contributed by atoms with E-state index in [1.54, 1.807) is 0 Å². The molecule has 0 fully saturated rings. The van der Waals surface area contributed by atoms with Gasteiger partial charge in [-0.05, 0) is 139 Å². The van der Waals surface area contributed by atoms with Gasteiger partial charge in [-0.15, -0.1) is 0 Å². The minimum Gasteiger partial charge on any atom is -0.256 e. The number of hydrogen-bond donors (Lipinski definition) is 0. The first kappa shape index (κ1) is 42.9. The summed E-state index contributed by atoms with van der Waals surface area (Å²) < 4.78 is 3.89. The van der Waals surface area contributed by atoms with Crippen molar-refractivity contribution < 1.29 is 0 Å². The molecule has 9 aromatic carbocycles. The van der Waals surface area contributed by atoms with Crippen molar-refractivity contribution in [2.75, 3.05) is 0 Å². The summed E-state index contributed by atoms with van der Waals surface area (Å²) in [6.07, 6.45) is 10.2. The maximum absolute atomic E-state index is 5.16. The zero-order valence-electron chi connectivity index (χ0n) is 39.1. The molecule has 0 spiro atoms. The molecule has 336 valence electrons. The van der Waals surface area contributed by atoms with Crippen molar-refractivity contribution in [3.8, 4) is 112 Å². The lowest BCUT2D eigenvalue weighted by Crippen LogP contribution is -1.94. The van der Waals surface area contributed by atoms with Gasteiger partial charge in [-0.3, -0.25) is 4.98 Å². The Morgan fingerprint density at radius 2 is 0.634 bits per heavy atom. The third-order valence-corrected chi connectivity index (χ3v) is 13.4. The molecule has 12 rings (SSSR count). The van der Waals surface area contributed by atoms with Gasteiger partial charge in [-0.25, -0.2) is 9.36 Å². The van der Waals surface area contributed by atoms with Gasteiger partial charge in [0.25, 0.3) is 0 Å². The van der Waals surface area contributed by atoms with Crippen LogP contribution in [0.3, 0.4) is 0 Å². The number of rotatable bonds is 11. The Balaban J connectivity index is 0.952. The molecule has 0 aliphatic rings. The van der Waals surface area contributed by atoms with Crippen molar-refractivity contribution >= 4 is 0 Å². The van der Waals surface area contributed by atoms with Gasteiger partial charge in [-0.2, -0.15) is 10.2 Å². The molecule has 5 nitrogen and oxygen atoms in total. The summed E-state index contributed by atoms with van der Waals surface area (Å²) in [7, 11) is 0. The normalized spacial score (nSPS) is 11.2. The van der Waals surface area contributed by atoms with Crippen molar-refractivity contribution in [1.29, 1.82) is 0 Å². The number of pyridine rings is 1. The Hall–Kier alpha value is -9.45. The summed E-state index contributed by atoms with van der Waals surface area (Å²) in [5, 5.41) is 9.62. The van der Waals surface area contributed by atoms with E-state index >= 15 is 0 Å². The standard InChI is InChI=1S/C66H47N5/c1-46-36-66(51-21-17-20-50(37-51)49-34-32-48(33-35-49)47-18-5-2-6-19-47)67-43-65(46)64-31-16-15-28-61(64)54-39-52(59-26-11-13-29-62(59)55-41-68-70(44-55)57-22-7-3-8-23-57)38-53(40-54)60-27-12-14-30-63(60)56-42-69-71(45-56)58-24-9-4-10-25-58/h2-45H,1H3. The summed E-state index contributed by atoms with van der Waals surface area (Å²) in [6.45, 7) is 2.20. The molecule has 0 N–H and O–H groups in total. The van der Waals surface area contributed by atoms with E-state index in [1.165, 1.54) is 16.7 Å². The summed E-state index contributed by atoms with van der Waals surface area (Å²) >= 11 is 0. The highest BCUT2D eigenvalue weighted by atomic mass is 15.3. The minimum atomic E-state index is 0.940. The van der Waals surface area contributed by atoms with Crippen LogP contribution in [0.5, 0.6) is 0 Å². The van der Waals surface area contributed by atoms with E-state index in [-0.39, 0.29) is 0 Å². The van der Waals surface area contributed by atoms with Crippen LogP contribution >= 0.6 is 0 Å². The summed E-state index contributed by atoms with van der Waals surface area (Å²) in [4.78, 5) is 5.16. The minimum absolute atomic E-state index is 0.940. The van der Waals surface area contributed by atoms with Crippen molar-refractivity contribution in [2.24, 2.45) is 0 Å². The molecule has 0 aliphatic carbocycles. The number of nitrogens with zero attached hydrogens (tertiary/aromatic N) is 5. The second kappa shape index (κ2) is 18.9. The van der Waals surface area contributed by atoms with Gasteiger partial charge >= 0.3 is 0 Å². The number of hydrogen-bond acceptors (Lipinski definition) is 3. The van der Waals surface area contributed by atoms with Crippen LogP contribution in [0.15, 0.2) is 268 Å². The van der Waals surface area contributed by atoms with Crippen molar-refractivity contribution in [2.45, 2.75) is 6.92 Å². The van der Waals surface area contributed by atoms with Gasteiger partial charge in [-0.1, -0.05) is 182 Å². The Kier molecular flexibility index (Phi) is 11.4. The second-order valence-corrected chi connectivity index (χ2v) is 17.9. The summed E-state index contributed by atoms with van der Waals surface area (Å²) in [6, 6.07) is 83.8. The number of para-hydroxylation sites is 2. The summed E-state index contributed by atoms with van der Waals surface area (Å²) in [5.74, 6) is 0. The fourth-order valence-electron chi connectivity index (χ4n) is 9.74. The van der Waals surface area contributed by atoms with Gasteiger partial charge in [0.2, 0.25) is 0 Å². The van der Waals surface area contributed by atoms with Gasteiger partial charge < -0.3 is 0 Å². The van der Waals surface area contributed by atoms with Crippen LogP contribution in [0.4, 0.5) is 0 Å². The van der Waals surface area contributed by atoms with Crippen LogP contribution in [0.1, 0.15) is 5.56 Å². The number of aromatic nitrogens is 5. The molecule has 0 radical (unpaired) electrons. The van der Waals surface area contributed by atoms with Gasteiger partial charge in [0.05, 0.1) is 29.5 Å². The Morgan fingerprint density at radius 1 is 0.268 bits per heavy atom. The van der Waals surface area contributed by atoms with Crippen LogP contribution in [-0.4, -0.2) is 24.5 Å². The topological polar surface area (TPSA) is 48.5 Å². The molecule has 3 heterocycles. The van der Waals surface area contributed by atoms with Crippen LogP contribution < -0.4 is 0 Å². The Morgan fingerprint density at radius 3 is 1.13 bits per heavy atom. The number of aryl methyl sites for hydroxylation is 1. The molecule has 0 saturated heterocycles. The van der Waals surface area contributed by atoms with Crippen molar-refractivity contribution in [3.05, 3.63) is 273 Å². The average molecular weight is 910 g/mol. The monoisotopic (exact) mass is 909 g/mol. The fraction of sp³-hybridized carbons (Fsp3) is 0.0152. The zero-order valence-corrected chi connectivity index (χ0v) is 39.1. The van der Waals surface area contributed by atoms with E-state index in [2.05, 4.69) is 226 Å². The predicted octanol–water partition coefficient (Wildman–Crippen LogP) is 16.8. The van der Waals surface area contributed by atoms with E-state index < -0.39 is 0 Å². The van der Waals surface area contributed by atoms with Crippen LogP contribution in [0.25, 0.3) is 112 Å². The zero-order chi connectivity index (χ0) is 47.5. The molecule has 0 aliphatic heterocycles. The van der Waals surface area contributed by atoms with Gasteiger partial charge in [0.15, 0.2) is 0 Å². The maximum Gasteiger partial charge on any atom is 0.0705 e.